The average Bonchev–Trinajstić information content (AvgIpc) is 3.19. The van der Waals surface area contributed by atoms with Gasteiger partial charge >= 0.3 is 22.6 Å². The van der Waals surface area contributed by atoms with Crippen molar-refractivity contribution in [3.05, 3.63) is 22.1 Å². The van der Waals surface area contributed by atoms with Crippen LogP contribution >= 0.6 is 22.7 Å². The third-order valence-corrected chi connectivity index (χ3v) is 5.58. The van der Waals surface area contributed by atoms with Crippen LogP contribution in [0, 0.1) is 0 Å². The van der Waals surface area contributed by atoms with Gasteiger partial charge < -0.3 is 0 Å². The first-order valence-corrected chi connectivity index (χ1v) is 10.4. The molecule has 0 saturated heterocycles. The van der Waals surface area contributed by atoms with Crippen LogP contribution in [0.5, 0.6) is 0 Å². The molecule has 0 unspecified atom stereocenters. The molecular weight excluding hydrogens is 426 g/mol. The van der Waals surface area contributed by atoms with Gasteiger partial charge in [-0.2, -0.15) is 26.3 Å². The maximum Gasteiger partial charge on any atom is 0.454 e. The Morgan fingerprint density at radius 1 is 0.750 bits per heavy atom. The molecule has 0 spiro atoms. The molecule has 0 aliphatic carbocycles. The van der Waals surface area contributed by atoms with Crippen LogP contribution in [-0.2, 0) is 25.4 Å². The van der Waals surface area contributed by atoms with Crippen molar-refractivity contribution in [2.45, 2.75) is 65.0 Å². The highest BCUT2D eigenvalue weighted by atomic mass is 32.1. The molecule has 0 N–H and O–H groups in total. The van der Waals surface area contributed by atoms with E-state index >= 15 is 0 Å². The number of thiazole rings is 2. The molecule has 156 valence electrons. The zero-order valence-corrected chi connectivity index (χ0v) is 16.9. The highest BCUT2D eigenvalue weighted by molar-refractivity contribution is 7.13. The summed E-state index contributed by atoms with van der Waals surface area (Å²) in [5.74, 6) is 0. The van der Waals surface area contributed by atoms with E-state index in [4.69, 9.17) is 0 Å². The molecule has 0 aliphatic heterocycles. The number of rotatable bonds is 8. The van der Waals surface area contributed by atoms with E-state index in [0.29, 0.717) is 25.7 Å². The molecule has 2 aromatic rings. The maximum atomic E-state index is 13.2. The lowest BCUT2D eigenvalue weighted by atomic mass is 10.3. The summed E-state index contributed by atoms with van der Waals surface area (Å²) in [4.78, 5) is 0. The minimum atomic E-state index is -4.54. The van der Waals surface area contributed by atoms with Gasteiger partial charge in [0.15, 0.2) is 0 Å². The van der Waals surface area contributed by atoms with E-state index in [2.05, 4.69) is 10.2 Å². The SMILES string of the molecule is CCCC[n+]1c(C(F)(F)F)csc1/N=N/c1scc(C(F)(F)F)[n+]1CCCC. The van der Waals surface area contributed by atoms with Crippen molar-refractivity contribution >= 4 is 32.9 Å². The second-order valence-corrected chi connectivity index (χ2v) is 7.69. The first-order valence-electron chi connectivity index (χ1n) is 8.68. The van der Waals surface area contributed by atoms with Gasteiger partial charge in [-0.25, -0.2) is 9.13 Å². The summed E-state index contributed by atoms with van der Waals surface area (Å²) >= 11 is 1.53. The van der Waals surface area contributed by atoms with Crippen LogP contribution < -0.4 is 9.13 Å². The van der Waals surface area contributed by atoms with Gasteiger partial charge in [-0.3, -0.25) is 0 Å². The van der Waals surface area contributed by atoms with Gasteiger partial charge in [-0.15, -0.1) is 0 Å². The first-order chi connectivity index (χ1) is 13.1. The van der Waals surface area contributed by atoms with Crippen molar-refractivity contribution < 1.29 is 35.5 Å². The maximum absolute atomic E-state index is 13.2. The predicted octanol–water partition coefficient (Wildman–Crippen LogP) is 6.44. The Morgan fingerprint density at radius 2 is 1.11 bits per heavy atom. The van der Waals surface area contributed by atoms with E-state index in [0.717, 1.165) is 42.6 Å². The van der Waals surface area contributed by atoms with Gasteiger partial charge in [0.25, 0.3) is 0 Å². The number of alkyl halides is 6. The number of hydrogen-bond donors (Lipinski definition) is 0. The van der Waals surface area contributed by atoms with Crippen LogP contribution in [0.3, 0.4) is 0 Å². The molecule has 0 amide bonds. The Hall–Kier alpha value is -1.56. The van der Waals surface area contributed by atoms with E-state index in [1.165, 1.54) is 0 Å². The van der Waals surface area contributed by atoms with E-state index in [1.54, 1.807) is 0 Å². The van der Waals surface area contributed by atoms with Crippen molar-refractivity contribution in [2.24, 2.45) is 10.2 Å². The van der Waals surface area contributed by atoms with Crippen molar-refractivity contribution in [3.63, 3.8) is 0 Å². The molecule has 4 nitrogen and oxygen atoms in total. The second-order valence-electron chi connectivity index (χ2n) is 6.01. The summed E-state index contributed by atoms with van der Waals surface area (Å²) in [6.45, 7) is 3.92. The quantitative estimate of drug-likeness (QED) is 0.254. The Labute approximate surface area is 166 Å². The van der Waals surface area contributed by atoms with Crippen LogP contribution in [0.15, 0.2) is 21.0 Å². The molecule has 0 bridgehead atoms. The fraction of sp³-hybridized carbons (Fsp3) is 0.625. The van der Waals surface area contributed by atoms with Crippen molar-refractivity contribution in [1.82, 2.24) is 0 Å². The number of hydrogen-bond acceptors (Lipinski definition) is 4. The highest BCUT2D eigenvalue weighted by Gasteiger charge is 2.42. The second kappa shape index (κ2) is 9.29. The van der Waals surface area contributed by atoms with E-state index in [1.807, 2.05) is 13.8 Å². The van der Waals surface area contributed by atoms with Gasteiger partial charge in [-0.05, 0) is 35.5 Å². The van der Waals surface area contributed by atoms with E-state index in [-0.39, 0.29) is 23.4 Å². The lowest BCUT2D eigenvalue weighted by Crippen LogP contribution is -2.40. The molecule has 0 saturated carbocycles. The summed E-state index contributed by atoms with van der Waals surface area (Å²) in [7, 11) is 0. The summed E-state index contributed by atoms with van der Waals surface area (Å²) in [5.41, 5.74) is -1.66. The average molecular weight is 446 g/mol. The fourth-order valence-corrected chi connectivity index (χ4v) is 4.19. The van der Waals surface area contributed by atoms with Gasteiger partial charge in [0.05, 0.1) is 23.8 Å². The molecule has 12 heteroatoms. The van der Waals surface area contributed by atoms with Gasteiger partial charge in [0.2, 0.25) is 21.6 Å². The van der Waals surface area contributed by atoms with Crippen LogP contribution in [0.4, 0.5) is 36.6 Å². The molecular formula is C16H20F6N4S2+2. The Morgan fingerprint density at radius 3 is 1.39 bits per heavy atom. The molecule has 2 aromatic heterocycles. The van der Waals surface area contributed by atoms with E-state index in [9.17, 15) is 26.3 Å². The number of unbranched alkanes of at least 4 members (excludes halogenated alkanes) is 2. The number of nitrogens with zero attached hydrogens (tertiary/aromatic N) is 4. The highest BCUT2D eigenvalue weighted by Crippen LogP contribution is 2.34. The smallest absolute Gasteiger partial charge is 0.206 e. The Bertz CT molecular complexity index is 741. The van der Waals surface area contributed by atoms with Crippen molar-refractivity contribution in [2.75, 3.05) is 0 Å². The molecule has 0 fully saturated rings. The van der Waals surface area contributed by atoms with Crippen molar-refractivity contribution in [1.29, 1.82) is 0 Å². The van der Waals surface area contributed by atoms with Crippen LogP contribution in [-0.4, -0.2) is 0 Å². The fourth-order valence-electron chi connectivity index (χ4n) is 2.42. The molecule has 0 atom stereocenters. The lowest BCUT2D eigenvalue weighted by Gasteiger charge is -2.05. The third kappa shape index (κ3) is 5.49. The molecule has 0 radical (unpaired) electrons. The van der Waals surface area contributed by atoms with Crippen LogP contribution in [0.2, 0.25) is 0 Å². The van der Waals surface area contributed by atoms with Crippen molar-refractivity contribution in [3.8, 4) is 0 Å². The molecule has 2 heterocycles. The minimum Gasteiger partial charge on any atom is -0.206 e. The topological polar surface area (TPSA) is 32.5 Å². The molecule has 2 rings (SSSR count). The summed E-state index contributed by atoms with van der Waals surface area (Å²) in [6, 6.07) is 0. The number of aromatic nitrogens is 2. The zero-order valence-electron chi connectivity index (χ0n) is 15.3. The summed E-state index contributed by atoms with van der Waals surface area (Å²) in [5, 5.41) is 9.62. The van der Waals surface area contributed by atoms with E-state index < -0.39 is 23.7 Å². The van der Waals surface area contributed by atoms with Crippen LogP contribution in [0.25, 0.3) is 0 Å². The minimum absolute atomic E-state index is 0.00442. The number of azo groups is 1. The lowest BCUT2D eigenvalue weighted by molar-refractivity contribution is -0.701. The summed E-state index contributed by atoms with van der Waals surface area (Å²) < 4.78 is 81.1. The van der Waals surface area contributed by atoms with Gasteiger partial charge in [0, 0.05) is 0 Å². The van der Waals surface area contributed by atoms with Gasteiger partial charge in [0.1, 0.15) is 0 Å². The van der Waals surface area contributed by atoms with Crippen LogP contribution in [0.1, 0.15) is 50.9 Å². The van der Waals surface area contributed by atoms with Gasteiger partial charge in [-0.1, -0.05) is 26.7 Å². The zero-order chi connectivity index (χ0) is 20.9. The largest absolute Gasteiger partial charge is 0.454 e. The third-order valence-electron chi connectivity index (χ3n) is 3.87. The Balaban J connectivity index is 2.40. The first kappa shape index (κ1) is 22.7. The predicted molar refractivity (Wildman–Crippen MR) is 93.0 cm³/mol. The molecule has 0 aromatic carbocycles. The molecule has 0 aliphatic rings. The Kier molecular flexibility index (Phi) is 7.54. The summed E-state index contributed by atoms with van der Waals surface area (Å²) in [6.07, 6.45) is -6.67. The molecule has 28 heavy (non-hydrogen) atoms. The monoisotopic (exact) mass is 446 g/mol. The standard InChI is InChI=1S/C16H20F6N4S2/c1-3-5-7-25-11(15(17,18)19)9-27-13(25)23-24-14-26(8-6-4-2)12(10-28-14)16(20,21)22/h9-10H,3-8H2,1-2H3/q+2. The normalized spacial score (nSPS) is 13.0. The number of halogens is 6.